The van der Waals surface area contributed by atoms with E-state index < -0.39 is 5.69 Å². The molecule has 2 aromatic rings. The molecular weight excluding hydrogens is 345 g/mol. The van der Waals surface area contributed by atoms with Crippen molar-refractivity contribution in [3.63, 3.8) is 0 Å². The highest BCUT2D eigenvalue weighted by atomic mass is 19.2. The summed E-state index contributed by atoms with van der Waals surface area (Å²) in [6.07, 6.45) is 6.69. The van der Waals surface area contributed by atoms with Crippen molar-refractivity contribution in [1.82, 2.24) is 14.3 Å². The van der Waals surface area contributed by atoms with E-state index in [1.54, 1.807) is 17.7 Å². The second-order valence-corrected chi connectivity index (χ2v) is 8.58. The van der Waals surface area contributed by atoms with E-state index >= 15 is 0 Å². The van der Waals surface area contributed by atoms with Gasteiger partial charge in [-0.15, -0.1) is 4.79 Å². The Balaban J connectivity index is 1.52. The Hall–Kier alpha value is -1.66. The maximum Gasteiger partial charge on any atom is 0.357 e. The molecule has 1 aromatic carbocycles. The summed E-state index contributed by atoms with van der Waals surface area (Å²) >= 11 is 0. The molecule has 0 radical (unpaired) electrons. The van der Waals surface area contributed by atoms with E-state index in [-0.39, 0.29) is 11.6 Å². The molecule has 0 bridgehead atoms. The molecule has 6 heteroatoms. The zero-order valence-corrected chi connectivity index (χ0v) is 16.6. The van der Waals surface area contributed by atoms with E-state index in [2.05, 4.69) is 11.8 Å². The topological polar surface area (TPSA) is 39.4 Å². The summed E-state index contributed by atoms with van der Waals surface area (Å²) in [4.78, 5) is 15.4. The number of ether oxygens (including phenoxy) is 1. The molecule has 1 saturated carbocycles. The van der Waals surface area contributed by atoms with Gasteiger partial charge in [0.1, 0.15) is 5.52 Å². The molecule has 1 aliphatic heterocycles. The van der Waals surface area contributed by atoms with E-state index in [0.29, 0.717) is 21.9 Å². The first kappa shape index (κ1) is 18.7. The summed E-state index contributed by atoms with van der Waals surface area (Å²) in [5.41, 5.74) is 1.81. The number of likely N-dealkylation sites (tertiary alicyclic amines) is 1. The van der Waals surface area contributed by atoms with Crippen molar-refractivity contribution >= 4 is 11.0 Å². The first-order valence-electron chi connectivity index (χ1n) is 10.1. The van der Waals surface area contributed by atoms with Gasteiger partial charge in [0.15, 0.2) is 0 Å². The minimum absolute atomic E-state index is 0.0639. The van der Waals surface area contributed by atoms with Crippen molar-refractivity contribution in [2.45, 2.75) is 70.1 Å². The zero-order chi connectivity index (χ0) is 19.2. The monoisotopic (exact) mass is 375 g/mol. The largest absolute Gasteiger partial charge is 0.381 e. The molecule has 2 aliphatic rings. The fourth-order valence-electron chi connectivity index (χ4n) is 5.08. The number of nitrogens with zero attached hydrogens (tertiary/aromatic N) is 3. The van der Waals surface area contributed by atoms with Crippen molar-refractivity contribution in [3.8, 4) is 0 Å². The van der Waals surface area contributed by atoms with Crippen LogP contribution in [-0.4, -0.2) is 46.1 Å². The molecule has 1 aliphatic carbocycles. The van der Waals surface area contributed by atoms with E-state index in [4.69, 9.17) is 4.74 Å². The van der Waals surface area contributed by atoms with Gasteiger partial charge in [-0.1, -0.05) is 10.5 Å². The lowest BCUT2D eigenvalue weighted by atomic mass is 9.79. The van der Waals surface area contributed by atoms with Crippen LogP contribution in [0, 0.1) is 6.92 Å². The van der Waals surface area contributed by atoms with Gasteiger partial charge in [0.05, 0.1) is 11.6 Å². The van der Waals surface area contributed by atoms with E-state index in [1.165, 1.54) is 0 Å². The standard InChI is InChI=1S/C21H30FN3O2/c1-15-4-5-18-19(14-15)24(20(26)25(18)22)16-8-12-23(13-9-16)21(2)10-6-17(27-3)7-11-21/h4-5,14,16-17H,6-13H2,1-3H3. The number of benzene rings is 1. The number of methoxy groups -OCH3 is 1. The molecule has 2 heterocycles. The molecule has 27 heavy (non-hydrogen) atoms. The third-order valence-electron chi connectivity index (χ3n) is 6.91. The van der Waals surface area contributed by atoms with Crippen LogP contribution in [0.15, 0.2) is 23.0 Å². The Labute approximate surface area is 159 Å². The maximum absolute atomic E-state index is 14.4. The first-order valence-corrected chi connectivity index (χ1v) is 10.1. The van der Waals surface area contributed by atoms with Crippen LogP contribution in [0.2, 0.25) is 0 Å². The SMILES string of the molecule is COC1CCC(C)(N2CCC(n3c(=O)n(F)c4ccc(C)cc43)CC2)CC1. The Morgan fingerprint density at radius 3 is 2.41 bits per heavy atom. The number of rotatable bonds is 3. The van der Waals surface area contributed by atoms with Crippen LogP contribution in [0.5, 0.6) is 0 Å². The van der Waals surface area contributed by atoms with Crippen LogP contribution in [0.3, 0.4) is 0 Å². The Morgan fingerprint density at radius 2 is 1.78 bits per heavy atom. The first-order chi connectivity index (χ1) is 12.9. The average molecular weight is 375 g/mol. The van der Waals surface area contributed by atoms with Crippen LogP contribution in [0.4, 0.5) is 4.48 Å². The molecule has 5 nitrogen and oxygen atoms in total. The van der Waals surface area contributed by atoms with Crippen molar-refractivity contribution in [2.75, 3.05) is 20.2 Å². The highest BCUT2D eigenvalue weighted by Crippen LogP contribution is 2.38. The summed E-state index contributed by atoms with van der Waals surface area (Å²) in [5.74, 6) is 0. The second-order valence-electron chi connectivity index (χ2n) is 8.58. The summed E-state index contributed by atoms with van der Waals surface area (Å²) in [5, 5.41) is 0. The van der Waals surface area contributed by atoms with Crippen LogP contribution in [0.1, 0.15) is 57.1 Å². The Bertz CT molecular complexity index is 871. The summed E-state index contributed by atoms with van der Waals surface area (Å²) in [6, 6.07) is 5.54. The number of hydrogen-bond acceptors (Lipinski definition) is 3. The molecule has 0 N–H and O–H groups in total. The lowest BCUT2D eigenvalue weighted by Gasteiger charge is -2.48. The molecule has 2 fully saturated rings. The van der Waals surface area contributed by atoms with Gasteiger partial charge in [-0.2, -0.15) is 0 Å². The molecular formula is C21H30FN3O2. The molecule has 0 unspecified atom stereocenters. The molecule has 1 aromatic heterocycles. The quantitative estimate of drug-likeness (QED) is 0.819. The van der Waals surface area contributed by atoms with Crippen LogP contribution >= 0.6 is 0 Å². The minimum Gasteiger partial charge on any atom is -0.381 e. The van der Waals surface area contributed by atoms with E-state index in [0.717, 1.165) is 57.2 Å². The molecule has 0 spiro atoms. The summed E-state index contributed by atoms with van der Waals surface area (Å²) < 4.78 is 21.6. The number of aryl methyl sites for hydroxylation is 1. The van der Waals surface area contributed by atoms with Gasteiger partial charge in [-0.05, 0) is 70.1 Å². The van der Waals surface area contributed by atoms with Crippen molar-refractivity contribution < 1.29 is 9.22 Å². The van der Waals surface area contributed by atoms with Gasteiger partial charge < -0.3 is 4.74 Å². The average Bonchev–Trinajstić information content (AvgIpc) is 2.92. The molecule has 148 valence electrons. The Kier molecular flexibility index (Phi) is 4.89. The van der Waals surface area contributed by atoms with Crippen LogP contribution in [-0.2, 0) is 4.74 Å². The number of piperidine rings is 1. The molecule has 0 amide bonds. The van der Waals surface area contributed by atoms with E-state index in [9.17, 15) is 9.28 Å². The van der Waals surface area contributed by atoms with Gasteiger partial charge in [-0.3, -0.25) is 9.47 Å². The van der Waals surface area contributed by atoms with Crippen LogP contribution in [0.25, 0.3) is 11.0 Å². The lowest BCUT2D eigenvalue weighted by molar-refractivity contribution is -0.0146. The fraction of sp³-hybridized carbons (Fsp3) is 0.667. The second kappa shape index (κ2) is 7.06. The third kappa shape index (κ3) is 3.23. The summed E-state index contributed by atoms with van der Waals surface area (Å²) in [6.45, 7) is 6.25. The number of fused-ring (bicyclic) bond motifs is 1. The lowest BCUT2D eigenvalue weighted by Crippen LogP contribution is -2.52. The van der Waals surface area contributed by atoms with Gasteiger partial charge >= 0.3 is 5.69 Å². The van der Waals surface area contributed by atoms with Crippen molar-refractivity contribution in [3.05, 3.63) is 34.2 Å². The van der Waals surface area contributed by atoms with Gasteiger partial charge in [0, 0.05) is 31.8 Å². The number of halogens is 1. The maximum atomic E-state index is 14.4. The predicted molar refractivity (Wildman–Crippen MR) is 105 cm³/mol. The van der Waals surface area contributed by atoms with Crippen LogP contribution < -0.4 is 5.69 Å². The third-order valence-corrected chi connectivity index (χ3v) is 6.91. The minimum atomic E-state index is -0.541. The number of aromatic nitrogens is 2. The highest BCUT2D eigenvalue weighted by molar-refractivity contribution is 5.76. The van der Waals surface area contributed by atoms with Gasteiger partial charge in [0.25, 0.3) is 0 Å². The molecule has 1 saturated heterocycles. The zero-order valence-electron chi connectivity index (χ0n) is 16.6. The van der Waals surface area contributed by atoms with Gasteiger partial charge in [-0.25, -0.2) is 4.79 Å². The number of hydrogen-bond donors (Lipinski definition) is 0. The smallest absolute Gasteiger partial charge is 0.357 e. The fourth-order valence-corrected chi connectivity index (χ4v) is 5.08. The normalized spacial score (nSPS) is 28.1. The molecule has 0 atom stereocenters. The highest BCUT2D eigenvalue weighted by Gasteiger charge is 2.38. The van der Waals surface area contributed by atoms with E-state index in [1.807, 2.05) is 19.1 Å². The number of imidazole rings is 1. The van der Waals surface area contributed by atoms with Gasteiger partial charge in [0.2, 0.25) is 0 Å². The van der Waals surface area contributed by atoms with Crippen molar-refractivity contribution in [1.29, 1.82) is 0 Å². The molecule has 4 rings (SSSR count). The predicted octanol–water partition coefficient (Wildman–Crippen LogP) is 3.83. The Morgan fingerprint density at radius 1 is 1.11 bits per heavy atom. The van der Waals surface area contributed by atoms with Crippen molar-refractivity contribution in [2.24, 2.45) is 0 Å². The summed E-state index contributed by atoms with van der Waals surface area (Å²) in [7, 11) is 1.81.